The SMILES string of the molecule is CN=C(NCC1(O)CCC1)N1CCN(c2ncccn2)CC1.I. The summed E-state index contributed by atoms with van der Waals surface area (Å²) in [5.74, 6) is 1.66. The first-order chi connectivity index (χ1) is 10.7. The van der Waals surface area contributed by atoms with E-state index in [1.165, 1.54) is 0 Å². The fraction of sp³-hybridized carbons (Fsp3) is 0.667. The van der Waals surface area contributed by atoms with Crippen molar-refractivity contribution in [1.29, 1.82) is 0 Å². The van der Waals surface area contributed by atoms with Crippen molar-refractivity contribution < 1.29 is 5.11 Å². The van der Waals surface area contributed by atoms with E-state index < -0.39 is 5.60 Å². The summed E-state index contributed by atoms with van der Waals surface area (Å²) < 4.78 is 0. The Bertz CT molecular complexity index is 514. The van der Waals surface area contributed by atoms with E-state index in [9.17, 15) is 5.11 Å². The summed E-state index contributed by atoms with van der Waals surface area (Å²) in [5.41, 5.74) is -0.532. The highest BCUT2D eigenvalue weighted by Crippen LogP contribution is 2.30. The van der Waals surface area contributed by atoms with Crippen LogP contribution in [-0.4, -0.2) is 71.3 Å². The number of aromatic nitrogens is 2. The first-order valence-electron chi connectivity index (χ1n) is 7.90. The number of guanidine groups is 1. The second kappa shape index (κ2) is 8.09. The van der Waals surface area contributed by atoms with Gasteiger partial charge < -0.3 is 20.2 Å². The Morgan fingerprint density at radius 1 is 1.26 bits per heavy atom. The Hall–Kier alpha value is -1.16. The number of hydrogen-bond donors (Lipinski definition) is 2. The van der Waals surface area contributed by atoms with Crippen molar-refractivity contribution in [1.82, 2.24) is 20.2 Å². The number of piperazine rings is 1. The molecular formula is C15H25IN6O. The molecule has 1 aliphatic carbocycles. The molecule has 0 spiro atoms. The first kappa shape index (κ1) is 18.2. The van der Waals surface area contributed by atoms with Gasteiger partial charge in [-0.2, -0.15) is 0 Å². The summed E-state index contributed by atoms with van der Waals surface area (Å²) in [6.45, 7) is 4.07. The van der Waals surface area contributed by atoms with Gasteiger partial charge in [-0.15, -0.1) is 24.0 Å². The number of aliphatic imine (C=N–C) groups is 1. The number of nitrogens with zero attached hydrogens (tertiary/aromatic N) is 5. The summed E-state index contributed by atoms with van der Waals surface area (Å²) in [6.07, 6.45) is 6.43. The maximum absolute atomic E-state index is 10.2. The molecule has 0 unspecified atom stereocenters. The van der Waals surface area contributed by atoms with Gasteiger partial charge in [-0.1, -0.05) is 0 Å². The van der Waals surface area contributed by atoms with Crippen LogP contribution in [0.2, 0.25) is 0 Å². The third kappa shape index (κ3) is 4.43. The zero-order valence-corrected chi connectivity index (χ0v) is 15.8. The predicted octanol–water partition coefficient (Wildman–Crippen LogP) is 0.707. The lowest BCUT2D eigenvalue weighted by Crippen LogP contribution is -2.56. The molecule has 1 saturated carbocycles. The summed E-state index contributed by atoms with van der Waals surface area (Å²) >= 11 is 0. The van der Waals surface area contributed by atoms with E-state index >= 15 is 0 Å². The number of rotatable bonds is 3. The fourth-order valence-electron chi connectivity index (χ4n) is 2.91. The van der Waals surface area contributed by atoms with Gasteiger partial charge in [-0.05, 0) is 25.3 Å². The smallest absolute Gasteiger partial charge is 0.225 e. The molecule has 0 radical (unpaired) electrons. The fourth-order valence-corrected chi connectivity index (χ4v) is 2.91. The van der Waals surface area contributed by atoms with E-state index in [-0.39, 0.29) is 24.0 Å². The molecule has 2 fully saturated rings. The molecule has 1 aromatic heterocycles. The lowest BCUT2D eigenvalue weighted by molar-refractivity contribution is -0.0283. The van der Waals surface area contributed by atoms with E-state index in [2.05, 4.69) is 30.1 Å². The minimum absolute atomic E-state index is 0. The van der Waals surface area contributed by atoms with Gasteiger partial charge in [-0.25, -0.2) is 9.97 Å². The molecule has 2 aliphatic rings. The average Bonchev–Trinajstić information content (AvgIpc) is 2.55. The standard InChI is InChI=1S/C15H24N6O.HI/c1-16-13(19-12-15(22)4-2-5-15)20-8-10-21(11-9-20)14-17-6-3-7-18-14;/h3,6-7,22H,2,4-5,8-12H2,1H3,(H,16,19);1H. The summed E-state index contributed by atoms with van der Waals surface area (Å²) in [6, 6.07) is 1.83. The van der Waals surface area contributed by atoms with E-state index in [1.807, 2.05) is 6.07 Å². The van der Waals surface area contributed by atoms with Crippen LogP contribution >= 0.6 is 24.0 Å². The van der Waals surface area contributed by atoms with Gasteiger partial charge >= 0.3 is 0 Å². The van der Waals surface area contributed by atoms with E-state index in [0.717, 1.165) is 57.3 Å². The van der Waals surface area contributed by atoms with Crippen LogP contribution in [0.15, 0.2) is 23.5 Å². The molecule has 0 aromatic carbocycles. The second-order valence-corrected chi connectivity index (χ2v) is 6.00. The van der Waals surface area contributed by atoms with Gasteiger partial charge in [0.05, 0.1) is 5.60 Å². The van der Waals surface area contributed by atoms with Gasteiger partial charge in [0.15, 0.2) is 5.96 Å². The number of hydrogen-bond acceptors (Lipinski definition) is 5. The van der Waals surface area contributed by atoms with E-state index in [1.54, 1.807) is 19.4 Å². The Kier molecular flexibility index (Phi) is 6.40. The summed E-state index contributed by atoms with van der Waals surface area (Å²) in [5, 5.41) is 13.5. The van der Waals surface area contributed by atoms with Crippen molar-refractivity contribution in [3.05, 3.63) is 18.5 Å². The van der Waals surface area contributed by atoms with Gasteiger partial charge in [0.25, 0.3) is 0 Å². The highest BCUT2D eigenvalue weighted by molar-refractivity contribution is 14.0. The van der Waals surface area contributed by atoms with Crippen molar-refractivity contribution in [2.75, 3.05) is 44.7 Å². The molecule has 23 heavy (non-hydrogen) atoms. The van der Waals surface area contributed by atoms with Crippen LogP contribution in [0.5, 0.6) is 0 Å². The minimum atomic E-state index is -0.532. The van der Waals surface area contributed by atoms with Crippen LogP contribution < -0.4 is 10.2 Å². The van der Waals surface area contributed by atoms with Gasteiger partial charge in [0.2, 0.25) is 5.95 Å². The zero-order valence-electron chi connectivity index (χ0n) is 13.5. The Morgan fingerprint density at radius 3 is 2.43 bits per heavy atom. The van der Waals surface area contributed by atoms with Crippen molar-refractivity contribution in [3.8, 4) is 0 Å². The molecule has 2 N–H and O–H groups in total. The van der Waals surface area contributed by atoms with Gasteiger partial charge in [-0.3, -0.25) is 4.99 Å². The maximum Gasteiger partial charge on any atom is 0.225 e. The second-order valence-electron chi connectivity index (χ2n) is 6.00. The normalized spacial score (nSPS) is 20.5. The molecule has 2 heterocycles. The number of anilines is 1. The van der Waals surface area contributed by atoms with E-state index in [4.69, 9.17) is 0 Å². The summed E-state index contributed by atoms with van der Waals surface area (Å²) in [4.78, 5) is 17.3. The van der Waals surface area contributed by atoms with Crippen LogP contribution in [0.4, 0.5) is 5.95 Å². The lowest BCUT2D eigenvalue weighted by Gasteiger charge is -2.40. The molecule has 7 nitrogen and oxygen atoms in total. The third-order valence-corrected chi connectivity index (χ3v) is 4.49. The van der Waals surface area contributed by atoms with Gasteiger partial charge in [0.1, 0.15) is 0 Å². The highest BCUT2D eigenvalue weighted by Gasteiger charge is 2.34. The van der Waals surface area contributed by atoms with Crippen LogP contribution in [-0.2, 0) is 0 Å². The van der Waals surface area contributed by atoms with Gasteiger partial charge in [0, 0.05) is 52.2 Å². The highest BCUT2D eigenvalue weighted by atomic mass is 127. The molecular weight excluding hydrogens is 407 g/mol. The van der Waals surface area contributed by atoms with E-state index in [0.29, 0.717) is 6.54 Å². The van der Waals surface area contributed by atoms with Crippen LogP contribution in [0.25, 0.3) is 0 Å². The molecule has 0 amide bonds. The van der Waals surface area contributed by atoms with Crippen molar-refractivity contribution in [2.45, 2.75) is 24.9 Å². The van der Waals surface area contributed by atoms with Crippen molar-refractivity contribution >= 4 is 35.9 Å². The molecule has 128 valence electrons. The van der Waals surface area contributed by atoms with Crippen LogP contribution in [0.1, 0.15) is 19.3 Å². The molecule has 1 aliphatic heterocycles. The Balaban J connectivity index is 0.00000192. The molecule has 1 saturated heterocycles. The first-order valence-corrected chi connectivity index (χ1v) is 7.90. The number of aliphatic hydroxyl groups is 1. The molecule has 0 atom stereocenters. The van der Waals surface area contributed by atoms with Crippen molar-refractivity contribution in [3.63, 3.8) is 0 Å². The van der Waals surface area contributed by atoms with Crippen LogP contribution in [0.3, 0.4) is 0 Å². The Morgan fingerprint density at radius 2 is 1.91 bits per heavy atom. The zero-order chi connectivity index (χ0) is 15.4. The predicted molar refractivity (Wildman–Crippen MR) is 101 cm³/mol. The third-order valence-electron chi connectivity index (χ3n) is 4.49. The number of halogens is 1. The molecule has 3 rings (SSSR count). The quantitative estimate of drug-likeness (QED) is 0.416. The molecule has 0 bridgehead atoms. The largest absolute Gasteiger partial charge is 0.388 e. The minimum Gasteiger partial charge on any atom is -0.388 e. The van der Waals surface area contributed by atoms with Crippen molar-refractivity contribution in [2.24, 2.45) is 4.99 Å². The maximum atomic E-state index is 10.2. The molecule has 1 aromatic rings. The molecule has 8 heteroatoms. The average molecular weight is 432 g/mol. The lowest BCUT2D eigenvalue weighted by atomic mass is 9.80. The Labute approximate surface area is 154 Å². The summed E-state index contributed by atoms with van der Waals surface area (Å²) in [7, 11) is 1.79. The topological polar surface area (TPSA) is 76.9 Å². The monoisotopic (exact) mass is 432 g/mol. The number of nitrogens with one attached hydrogen (secondary N) is 1. The van der Waals surface area contributed by atoms with Crippen LogP contribution in [0, 0.1) is 0 Å².